The van der Waals surface area contributed by atoms with E-state index in [0.29, 0.717) is 0 Å². The van der Waals surface area contributed by atoms with Crippen LogP contribution in [0, 0.1) is 6.92 Å². The van der Waals surface area contributed by atoms with Gasteiger partial charge in [-0.2, -0.15) is 0 Å². The van der Waals surface area contributed by atoms with Gasteiger partial charge < -0.3 is 4.57 Å². The molecule has 53 heavy (non-hydrogen) atoms. The predicted octanol–water partition coefficient (Wildman–Crippen LogP) is 12.6. The summed E-state index contributed by atoms with van der Waals surface area (Å²) in [6.07, 6.45) is 30.6. The monoisotopic (exact) mass is 683 g/mol. The maximum absolute atomic E-state index is 4.21. The SMILES string of the molecule is C=C/C=C\C=C(/C)c1ccc2c(c1)c(/C=C(\C=C)c1ccccc1)c(C)n2C(/C=C/c1ccc2c3c(c4ccccc4c2c1)=CC=C=CC=3)C/C=C\C. The van der Waals surface area contributed by atoms with E-state index in [9.17, 15) is 0 Å². The summed E-state index contributed by atoms with van der Waals surface area (Å²) in [7, 11) is 0. The van der Waals surface area contributed by atoms with E-state index in [2.05, 4.69) is 184 Å². The van der Waals surface area contributed by atoms with E-state index < -0.39 is 0 Å². The van der Waals surface area contributed by atoms with Gasteiger partial charge in [-0.15, -0.1) is 5.73 Å². The molecule has 0 saturated carbocycles. The van der Waals surface area contributed by atoms with Crippen molar-refractivity contribution in [3.05, 3.63) is 209 Å². The summed E-state index contributed by atoms with van der Waals surface area (Å²) in [5.41, 5.74) is 12.7. The Morgan fingerprint density at radius 2 is 1.51 bits per heavy atom. The lowest BCUT2D eigenvalue weighted by Crippen LogP contribution is -2.25. The standard InChI is InChI=1S/C52H45N/c1-6-9-13-20-37(4)42-30-33-52-51(36-42)49(35-40(8-3)41-21-14-11-15-22-41)38(5)53(52)43(23-10-7-2)31-28-39-29-32-48-46-25-17-12-16-24-44(46)45-26-18-19-27-47(45)50(48)34-39/h6-11,13-22,24-36,43H,1,3,23H2,2,4-5H3/b10-7-,13-9-,31-28+,37-20+,40-35+. The molecule has 0 N–H and O–H groups in total. The molecule has 0 amide bonds. The van der Waals surface area contributed by atoms with Gasteiger partial charge in [-0.1, -0.05) is 141 Å². The van der Waals surface area contributed by atoms with Gasteiger partial charge in [0, 0.05) is 22.2 Å². The maximum atomic E-state index is 4.21. The molecular formula is C52H45N. The second-order valence-electron chi connectivity index (χ2n) is 13.5. The van der Waals surface area contributed by atoms with Crippen LogP contribution >= 0.6 is 0 Å². The van der Waals surface area contributed by atoms with Crippen LogP contribution < -0.4 is 10.4 Å². The number of nitrogens with zero attached hydrogens (tertiary/aromatic N) is 1. The fraction of sp³-hybridized carbons (Fsp3) is 0.0962. The number of aromatic nitrogens is 1. The molecule has 0 aliphatic heterocycles. The molecule has 1 aliphatic rings. The first-order valence-electron chi connectivity index (χ1n) is 18.4. The number of rotatable bonds is 11. The lowest BCUT2D eigenvalue weighted by Gasteiger charge is -2.18. The van der Waals surface area contributed by atoms with Crippen LogP contribution in [0.15, 0.2) is 171 Å². The highest BCUT2D eigenvalue weighted by Gasteiger charge is 2.19. The van der Waals surface area contributed by atoms with Crippen molar-refractivity contribution in [1.82, 2.24) is 4.57 Å². The van der Waals surface area contributed by atoms with E-state index in [0.717, 1.165) is 17.6 Å². The molecule has 0 fully saturated rings. The Kier molecular flexibility index (Phi) is 10.5. The van der Waals surface area contributed by atoms with E-state index in [-0.39, 0.29) is 6.04 Å². The zero-order valence-corrected chi connectivity index (χ0v) is 30.9. The number of hydrogen-bond acceptors (Lipinski definition) is 0. The number of fused-ring (bicyclic) bond motifs is 7. The predicted molar refractivity (Wildman–Crippen MR) is 234 cm³/mol. The molecule has 0 radical (unpaired) electrons. The second kappa shape index (κ2) is 15.9. The normalized spacial score (nSPS) is 13.9. The zero-order valence-electron chi connectivity index (χ0n) is 30.9. The highest BCUT2D eigenvalue weighted by atomic mass is 15.0. The van der Waals surface area contributed by atoms with Crippen molar-refractivity contribution in [2.24, 2.45) is 0 Å². The molecule has 0 bridgehead atoms. The Labute approximate surface area is 313 Å². The molecule has 258 valence electrons. The highest BCUT2D eigenvalue weighted by molar-refractivity contribution is 6.09. The average Bonchev–Trinajstić information content (AvgIpc) is 3.31. The van der Waals surface area contributed by atoms with Crippen LogP contribution in [0.3, 0.4) is 0 Å². The fourth-order valence-electron chi connectivity index (χ4n) is 7.55. The van der Waals surface area contributed by atoms with Crippen LogP contribution in [0.2, 0.25) is 0 Å². The molecular weight excluding hydrogens is 639 g/mol. The minimum Gasteiger partial charge on any atom is -0.337 e. The lowest BCUT2D eigenvalue weighted by atomic mass is 9.95. The summed E-state index contributed by atoms with van der Waals surface area (Å²) in [6, 6.07) is 33.1. The molecule has 1 heteroatoms. The van der Waals surface area contributed by atoms with Crippen molar-refractivity contribution >= 4 is 67.9 Å². The van der Waals surface area contributed by atoms with Gasteiger partial charge in [0.05, 0.1) is 6.04 Å². The molecule has 0 spiro atoms. The zero-order chi connectivity index (χ0) is 36.7. The third-order valence-electron chi connectivity index (χ3n) is 10.3. The van der Waals surface area contributed by atoms with Gasteiger partial charge in [0.15, 0.2) is 0 Å². The first kappa shape index (κ1) is 35.0. The molecule has 0 saturated heterocycles. The van der Waals surface area contributed by atoms with Gasteiger partial charge in [0.2, 0.25) is 0 Å². The van der Waals surface area contributed by atoms with Gasteiger partial charge in [0.25, 0.3) is 0 Å². The summed E-state index contributed by atoms with van der Waals surface area (Å²) in [6.45, 7) is 14.6. The van der Waals surface area contributed by atoms with Gasteiger partial charge >= 0.3 is 0 Å². The van der Waals surface area contributed by atoms with Crippen molar-refractivity contribution < 1.29 is 0 Å². The van der Waals surface area contributed by atoms with Crippen molar-refractivity contribution in [2.45, 2.75) is 33.2 Å². The molecule has 1 aromatic heterocycles. The third-order valence-corrected chi connectivity index (χ3v) is 10.3. The van der Waals surface area contributed by atoms with Crippen molar-refractivity contribution in [1.29, 1.82) is 0 Å². The summed E-state index contributed by atoms with van der Waals surface area (Å²) < 4.78 is 2.52. The van der Waals surface area contributed by atoms with Crippen LogP contribution in [0.5, 0.6) is 0 Å². The highest BCUT2D eigenvalue weighted by Crippen LogP contribution is 2.36. The Hall–Kier alpha value is -6.40. The van der Waals surface area contributed by atoms with Crippen molar-refractivity contribution in [2.75, 3.05) is 0 Å². The average molecular weight is 684 g/mol. The molecule has 5 aromatic carbocycles. The number of allylic oxidation sites excluding steroid dienone is 11. The van der Waals surface area contributed by atoms with Gasteiger partial charge in [-0.05, 0) is 136 Å². The fourth-order valence-corrected chi connectivity index (χ4v) is 7.55. The Balaban J connectivity index is 1.40. The summed E-state index contributed by atoms with van der Waals surface area (Å²) in [5.74, 6) is 0. The van der Waals surface area contributed by atoms with Gasteiger partial charge in [-0.25, -0.2) is 0 Å². The van der Waals surface area contributed by atoms with Crippen LogP contribution in [0.25, 0.3) is 67.9 Å². The Morgan fingerprint density at radius 1 is 0.774 bits per heavy atom. The maximum Gasteiger partial charge on any atom is 0.0557 e. The molecule has 1 aliphatic carbocycles. The van der Waals surface area contributed by atoms with E-state index in [4.69, 9.17) is 0 Å². The van der Waals surface area contributed by atoms with E-state index in [1.165, 1.54) is 70.8 Å². The van der Waals surface area contributed by atoms with Crippen LogP contribution in [-0.4, -0.2) is 4.57 Å². The van der Waals surface area contributed by atoms with E-state index in [1.54, 1.807) is 6.08 Å². The molecule has 1 nitrogen and oxygen atoms in total. The van der Waals surface area contributed by atoms with E-state index >= 15 is 0 Å². The van der Waals surface area contributed by atoms with E-state index in [1.807, 2.05) is 30.4 Å². The van der Waals surface area contributed by atoms with Crippen LogP contribution in [-0.2, 0) is 0 Å². The van der Waals surface area contributed by atoms with Crippen molar-refractivity contribution in [3.8, 4) is 0 Å². The Morgan fingerprint density at radius 3 is 2.25 bits per heavy atom. The second-order valence-corrected chi connectivity index (χ2v) is 13.5. The summed E-state index contributed by atoms with van der Waals surface area (Å²) >= 11 is 0. The minimum absolute atomic E-state index is 0.0939. The quantitative estimate of drug-likeness (QED) is 0.0554. The Bertz CT molecular complexity index is 2730. The molecule has 1 heterocycles. The summed E-state index contributed by atoms with van der Waals surface area (Å²) in [5, 5.41) is 8.76. The summed E-state index contributed by atoms with van der Waals surface area (Å²) in [4.78, 5) is 0. The first-order chi connectivity index (χ1) is 26.0. The molecule has 1 unspecified atom stereocenters. The third kappa shape index (κ3) is 7.09. The molecule has 1 atom stereocenters. The largest absolute Gasteiger partial charge is 0.337 e. The minimum atomic E-state index is 0.0939. The number of hydrogen-bond donors (Lipinski definition) is 0. The smallest absolute Gasteiger partial charge is 0.0557 e. The molecule has 6 aromatic rings. The van der Waals surface area contributed by atoms with Gasteiger partial charge in [0.1, 0.15) is 0 Å². The van der Waals surface area contributed by atoms with Crippen molar-refractivity contribution in [3.63, 3.8) is 0 Å². The lowest BCUT2D eigenvalue weighted by molar-refractivity contribution is 0.620. The van der Waals surface area contributed by atoms with Gasteiger partial charge in [-0.3, -0.25) is 0 Å². The first-order valence-corrected chi connectivity index (χ1v) is 18.4. The van der Waals surface area contributed by atoms with Crippen LogP contribution in [0.4, 0.5) is 0 Å². The van der Waals surface area contributed by atoms with Crippen LogP contribution in [0.1, 0.15) is 54.3 Å². The topological polar surface area (TPSA) is 4.93 Å². The molecule has 7 rings (SSSR count). The number of benzene rings is 5.